The Bertz CT molecular complexity index is 976. The molecule has 1 aromatic carbocycles. The number of rotatable bonds is 3. The maximum atomic E-state index is 12.9. The summed E-state index contributed by atoms with van der Waals surface area (Å²) >= 11 is 7.89. The van der Waals surface area contributed by atoms with Crippen LogP contribution in [0.3, 0.4) is 0 Å². The minimum absolute atomic E-state index is 0.0780. The minimum atomic E-state index is -3.36. The fourth-order valence-electron chi connectivity index (χ4n) is 3.94. The van der Waals surface area contributed by atoms with Crippen LogP contribution in [0.1, 0.15) is 18.4 Å². The third-order valence-corrected chi connectivity index (χ3v) is 8.33. The van der Waals surface area contributed by atoms with E-state index in [-0.39, 0.29) is 5.91 Å². The second-order valence-electron chi connectivity index (χ2n) is 7.38. The number of carbonyl (C=O) groups is 1. The highest BCUT2D eigenvalue weighted by Gasteiger charge is 2.39. The molecule has 0 bridgehead atoms. The summed E-state index contributed by atoms with van der Waals surface area (Å²) in [4.78, 5) is 21.6. The Labute approximate surface area is 173 Å². The Morgan fingerprint density at radius 3 is 2.57 bits per heavy atom. The number of amides is 1. The third-order valence-electron chi connectivity index (χ3n) is 5.46. The fraction of sp³-hybridized carbons (Fsp3) is 0.556. The van der Waals surface area contributed by atoms with Gasteiger partial charge in [-0.2, -0.15) is 4.31 Å². The predicted octanol–water partition coefficient (Wildman–Crippen LogP) is 2.33. The van der Waals surface area contributed by atoms with Crippen molar-refractivity contribution in [2.75, 3.05) is 43.9 Å². The molecule has 7 nitrogen and oxygen atoms in total. The van der Waals surface area contributed by atoms with E-state index < -0.39 is 16.1 Å². The standard InChI is InChI=1S/C18H23ClN4O3S2/c1-12-5-6-13(19)16-15(12)20-18(27-16)22-10-8-21(9-11-22)17(24)14-4-3-7-23(14)28(2,25)26/h5-6,14H,3-4,7-11H2,1-2H3/t14-/m1/s1. The molecule has 0 spiro atoms. The van der Waals surface area contributed by atoms with Gasteiger partial charge in [-0.05, 0) is 31.4 Å². The number of anilines is 1. The number of piperazine rings is 1. The lowest BCUT2D eigenvalue weighted by atomic mass is 10.2. The summed E-state index contributed by atoms with van der Waals surface area (Å²) in [5, 5.41) is 1.62. The van der Waals surface area contributed by atoms with Crippen LogP contribution in [-0.4, -0.2) is 73.5 Å². The fourth-order valence-corrected chi connectivity index (χ4v) is 6.43. The molecule has 152 valence electrons. The van der Waals surface area contributed by atoms with Gasteiger partial charge < -0.3 is 9.80 Å². The summed E-state index contributed by atoms with van der Waals surface area (Å²) in [5.74, 6) is -0.0780. The van der Waals surface area contributed by atoms with Crippen LogP contribution >= 0.6 is 22.9 Å². The second kappa shape index (κ2) is 7.44. The number of sulfonamides is 1. The molecular formula is C18H23ClN4O3S2. The van der Waals surface area contributed by atoms with Gasteiger partial charge in [0, 0.05) is 32.7 Å². The van der Waals surface area contributed by atoms with Crippen LogP contribution in [0, 0.1) is 6.92 Å². The first-order chi connectivity index (χ1) is 13.3. The first kappa shape index (κ1) is 19.9. The second-order valence-corrected chi connectivity index (χ2v) is 10.7. The number of halogens is 1. The van der Waals surface area contributed by atoms with Gasteiger partial charge in [0.1, 0.15) is 6.04 Å². The highest BCUT2D eigenvalue weighted by Crippen LogP contribution is 2.36. The summed E-state index contributed by atoms with van der Waals surface area (Å²) in [6, 6.07) is 3.32. The van der Waals surface area contributed by atoms with Crippen molar-refractivity contribution in [1.29, 1.82) is 0 Å². The zero-order valence-electron chi connectivity index (χ0n) is 15.9. The smallest absolute Gasteiger partial charge is 0.241 e. The number of nitrogens with zero attached hydrogens (tertiary/aromatic N) is 4. The maximum Gasteiger partial charge on any atom is 0.241 e. The SMILES string of the molecule is Cc1ccc(Cl)c2sc(N3CCN(C(=O)[C@H]4CCCN4S(C)(=O)=O)CC3)nc12. The van der Waals surface area contributed by atoms with E-state index in [9.17, 15) is 13.2 Å². The average molecular weight is 443 g/mol. The Kier molecular flexibility index (Phi) is 5.28. The Hall–Kier alpha value is -1.42. The molecule has 2 aliphatic rings. The quantitative estimate of drug-likeness (QED) is 0.729. The first-order valence-corrected chi connectivity index (χ1v) is 12.4. The Morgan fingerprint density at radius 2 is 1.93 bits per heavy atom. The van der Waals surface area contributed by atoms with E-state index in [0.29, 0.717) is 44.2 Å². The van der Waals surface area contributed by atoms with E-state index in [4.69, 9.17) is 16.6 Å². The van der Waals surface area contributed by atoms with Crippen LogP contribution in [0.25, 0.3) is 10.2 Å². The summed E-state index contributed by atoms with van der Waals surface area (Å²) in [7, 11) is -3.36. The van der Waals surface area contributed by atoms with Gasteiger partial charge in [0.2, 0.25) is 15.9 Å². The van der Waals surface area contributed by atoms with Crippen molar-refractivity contribution in [1.82, 2.24) is 14.2 Å². The van der Waals surface area contributed by atoms with E-state index in [1.807, 2.05) is 19.1 Å². The summed E-state index contributed by atoms with van der Waals surface area (Å²) < 4.78 is 26.2. The van der Waals surface area contributed by atoms with Crippen LogP contribution < -0.4 is 4.90 Å². The van der Waals surface area contributed by atoms with Crippen molar-refractivity contribution < 1.29 is 13.2 Å². The van der Waals surface area contributed by atoms with Gasteiger partial charge >= 0.3 is 0 Å². The molecule has 0 unspecified atom stereocenters. The number of thiazole rings is 1. The van der Waals surface area contributed by atoms with Crippen molar-refractivity contribution in [3.8, 4) is 0 Å². The van der Waals surface area contributed by atoms with Crippen LogP contribution in [-0.2, 0) is 14.8 Å². The lowest BCUT2D eigenvalue weighted by molar-refractivity contribution is -0.134. The van der Waals surface area contributed by atoms with Crippen molar-refractivity contribution in [2.45, 2.75) is 25.8 Å². The summed E-state index contributed by atoms with van der Waals surface area (Å²) in [6.07, 6.45) is 2.51. The van der Waals surface area contributed by atoms with Crippen LogP contribution in [0.2, 0.25) is 5.02 Å². The molecule has 10 heteroatoms. The minimum Gasteiger partial charge on any atom is -0.345 e. The lowest BCUT2D eigenvalue weighted by Gasteiger charge is -2.36. The average Bonchev–Trinajstić information content (AvgIpc) is 3.32. The molecule has 1 aromatic heterocycles. The highest BCUT2D eigenvalue weighted by molar-refractivity contribution is 7.88. The molecule has 4 rings (SSSR count). The van der Waals surface area contributed by atoms with E-state index in [2.05, 4.69) is 4.90 Å². The molecule has 1 atom stereocenters. The number of benzene rings is 1. The normalized spacial score (nSPS) is 21.6. The van der Waals surface area contributed by atoms with Gasteiger partial charge in [0.05, 0.1) is 21.5 Å². The van der Waals surface area contributed by atoms with Crippen LogP contribution in [0.4, 0.5) is 5.13 Å². The van der Waals surface area contributed by atoms with Gasteiger partial charge in [0.15, 0.2) is 5.13 Å². The Balaban J connectivity index is 1.46. The number of aryl methyl sites for hydroxylation is 1. The highest BCUT2D eigenvalue weighted by atomic mass is 35.5. The molecule has 2 fully saturated rings. The zero-order valence-corrected chi connectivity index (χ0v) is 18.3. The van der Waals surface area contributed by atoms with Gasteiger partial charge in [-0.15, -0.1) is 0 Å². The zero-order chi connectivity index (χ0) is 20.1. The molecule has 0 aliphatic carbocycles. The number of carbonyl (C=O) groups excluding carboxylic acids is 1. The molecule has 2 saturated heterocycles. The Morgan fingerprint density at radius 1 is 1.21 bits per heavy atom. The van der Waals surface area contributed by atoms with Gasteiger partial charge in [-0.3, -0.25) is 4.79 Å². The van der Waals surface area contributed by atoms with Crippen molar-refractivity contribution in [3.05, 3.63) is 22.7 Å². The van der Waals surface area contributed by atoms with Gasteiger partial charge in [-0.25, -0.2) is 13.4 Å². The lowest BCUT2D eigenvalue weighted by Crippen LogP contribution is -2.54. The number of fused-ring (bicyclic) bond motifs is 1. The number of hydrogen-bond donors (Lipinski definition) is 0. The molecule has 2 aliphatic heterocycles. The number of aromatic nitrogens is 1. The molecule has 3 heterocycles. The largest absolute Gasteiger partial charge is 0.345 e. The summed E-state index contributed by atoms with van der Waals surface area (Å²) in [5.41, 5.74) is 2.03. The first-order valence-electron chi connectivity index (χ1n) is 9.32. The summed E-state index contributed by atoms with van der Waals surface area (Å²) in [6.45, 7) is 4.93. The monoisotopic (exact) mass is 442 g/mol. The number of hydrogen-bond acceptors (Lipinski definition) is 6. The molecule has 1 amide bonds. The molecular weight excluding hydrogens is 420 g/mol. The molecule has 0 N–H and O–H groups in total. The molecule has 0 saturated carbocycles. The van der Waals surface area contributed by atoms with Crippen molar-refractivity contribution in [3.63, 3.8) is 0 Å². The third kappa shape index (κ3) is 3.60. The van der Waals surface area contributed by atoms with Crippen molar-refractivity contribution >= 4 is 54.2 Å². The maximum absolute atomic E-state index is 12.9. The topological polar surface area (TPSA) is 73.8 Å². The molecule has 28 heavy (non-hydrogen) atoms. The van der Waals surface area contributed by atoms with E-state index in [1.54, 1.807) is 16.2 Å². The van der Waals surface area contributed by atoms with E-state index >= 15 is 0 Å². The predicted molar refractivity (Wildman–Crippen MR) is 113 cm³/mol. The van der Waals surface area contributed by atoms with Crippen molar-refractivity contribution in [2.24, 2.45) is 0 Å². The van der Waals surface area contributed by atoms with Gasteiger partial charge in [0.25, 0.3) is 0 Å². The molecule has 2 aromatic rings. The van der Waals surface area contributed by atoms with Crippen LogP contribution in [0.5, 0.6) is 0 Å². The molecule has 0 radical (unpaired) electrons. The van der Waals surface area contributed by atoms with E-state index in [1.165, 1.54) is 10.6 Å². The van der Waals surface area contributed by atoms with Crippen LogP contribution in [0.15, 0.2) is 12.1 Å². The van der Waals surface area contributed by atoms with E-state index in [0.717, 1.165) is 27.3 Å². The van der Waals surface area contributed by atoms with Gasteiger partial charge in [-0.1, -0.05) is 29.0 Å².